The molecule has 8 nitrogen and oxygen atoms in total. The Labute approximate surface area is 174 Å². The number of nitrogens with one attached hydrogen (secondary N) is 1. The topological polar surface area (TPSA) is 128 Å². The highest BCUT2D eigenvalue weighted by molar-refractivity contribution is 5.73. The van der Waals surface area contributed by atoms with E-state index in [4.69, 9.17) is 9.47 Å². The van der Waals surface area contributed by atoms with Crippen molar-refractivity contribution in [1.82, 2.24) is 5.32 Å². The van der Waals surface area contributed by atoms with Crippen LogP contribution >= 0.6 is 0 Å². The zero-order valence-electron chi connectivity index (χ0n) is 16.7. The Bertz CT molecular complexity index is 828. The summed E-state index contributed by atoms with van der Waals surface area (Å²) in [5.41, 5.74) is 2.73. The predicted octanol–water partition coefficient (Wildman–Crippen LogP) is 0.304. The molecule has 1 aromatic carbocycles. The molecule has 8 atom stereocenters. The molecule has 5 N–H and O–H groups in total. The number of carbonyl (C=O) groups is 1. The Morgan fingerprint density at radius 3 is 2.77 bits per heavy atom. The fourth-order valence-electron chi connectivity index (χ4n) is 6.26. The second kappa shape index (κ2) is 7.46. The van der Waals surface area contributed by atoms with Gasteiger partial charge in [0.15, 0.2) is 6.10 Å². The summed E-state index contributed by atoms with van der Waals surface area (Å²) in [6.07, 6.45) is -1.10. The highest BCUT2D eigenvalue weighted by Gasteiger charge is 2.52. The van der Waals surface area contributed by atoms with E-state index < -0.39 is 36.7 Å². The maximum atomic E-state index is 11.3. The molecule has 2 aliphatic carbocycles. The lowest BCUT2D eigenvalue weighted by molar-refractivity contribution is -0.271. The number of hydrogen-bond donors (Lipinski definition) is 5. The number of ether oxygens (including phenoxy) is 2. The molecule has 5 rings (SSSR count). The summed E-state index contributed by atoms with van der Waals surface area (Å²) >= 11 is 0. The number of hydrogen-bond acceptors (Lipinski definition) is 7. The monoisotopic (exact) mass is 419 g/mol. The van der Waals surface area contributed by atoms with Crippen LogP contribution < -0.4 is 10.1 Å². The number of aliphatic hydroxyl groups is 3. The van der Waals surface area contributed by atoms with Gasteiger partial charge in [0, 0.05) is 11.5 Å². The maximum Gasteiger partial charge on any atom is 0.335 e. The van der Waals surface area contributed by atoms with E-state index >= 15 is 0 Å². The first kappa shape index (κ1) is 20.2. The van der Waals surface area contributed by atoms with Crippen molar-refractivity contribution in [3.63, 3.8) is 0 Å². The minimum absolute atomic E-state index is 0.131. The predicted molar refractivity (Wildman–Crippen MR) is 105 cm³/mol. The van der Waals surface area contributed by atoms with E-state index in [1.54, 1.807) is 6.07 Å². The summed E-state index contributed by atoms with van der Waals surface area (Å²) in [6.45, 7) is 1.00. The van der Waals surface area contributed by atoms with Crippen LogP contribution in [-0.2, 0) is 21.4 Å². The van der Waals surface area contributed by atoms with Crippen LogP contribution in [0.1, 0.15) is 43.2 Å². The van der Waals surface area contributed by atoms with Crippen molar-refractivity contribution in [3.05, 3.63) is 29.3 Å². The Morgan fingerprint density at radius 1 is 1.13 bits per heavy atom. The maximum absolute atomic E-state index is 11.3. The summed E-state index contributed by atoms with van der Waals surface area (Å²) in [5, 5.41) is 43.1. The number of carboxylic acid groups (broad SMARTS) is 1. The van der Waals surface area contributed by atoms with Crippen LogP contribution in [0.5, 0.6) is 5.75 Å². The molecule has 0 radical (unpaired) electrons. The van der Waals surface area contributed by atoms with Gasteiger partial charge in [0.1, 0.15) is 24.1 Å². The molecule has 8 heteroatoms. The summed E-state index contributed by atoms with van der Waals surface area (Å²) in [7, 11) is 0. The highest BCUT2D eigenvalue weighted by atomic mass is 16.7. The van der Waals surface area contributed by atoms with E-state index in [1.165, 1.54) is 30.4 Å². The van der Waals surface area contributed by atoms with E-state index in [2.05, 4.69) is 5.32 Å². The summed E-state index contributed by atoms with van der Waals surface area (Å²) in [4.78, 5) is 11.3. The van der Waals surface area contributed by atoms with Crippen LogP contribution in [0.15, 0.2) is 18.2 Å². The molecule has 0 unspecified atom stereocenters. The average molecular weight is 419 g/mol. The fraction of sp³-hybridized carbons (Fsp3) is 0.682. The SMILES string of the molecule is O=C(O)[C@H]1O[C@@H](Oc2ccc3c(c2)[C@@]24CCCC[C@H]2[C@@H](C3)NCC4)[C@H](O)[C@@H](O)[C@@H]1O. The van der Waals surface area contributed by atoms with Crippen LogP contribution in [0.4, 0.5) is 0 Å². The van der Waals surface area contributed by atoms with Gasteiger partial charge in [0.25, 0.3) is 0 Å². The smallest absolute Gasteiger partial charge is 0.335 e. The molecule has 2 saturated heterocycles. The number of fused-ring (bicyclic) bond motifs is 1. The van der Waals surface area contributed by atoms with Gasteiger partial charge in [0.2, 0.25) is 6.29 Å². The van der Waals surface area contributed by atoms with Crippen LogP contribution in [0, 0.1) is 5.92 Å². The molecule has 164 valence electrons. The Hall–Kier alpha value is -1.71. The third kappa shape index (κ3) is 3.05. The number of rotatable bonds is 3. The van der Waals surface area contributed by atoms with Gasteiger partial charge in [-0.05, 0) is 61.4 Å². The van der Waals surface area contributed by atoms with Crippen molar-refractivity contribution >= 4 is 5.97 Å². The first-order valence-corrected chi connectivity index (χ1v) is 10.9. The van der Waals surface area contributed by atoms with Gasteiger partial charge >= 0.3 is 5.97 Å². The number of piperidine rings is 1. The van der Waals surface area contributed by atoms with Gasteiger partial charge in [0.05, 0.1) is 0 Å². The molecule has 2 heterocycles. The molecule has 0 aromatic heterocycles. The second-order valence-corrected chi connectivity index (χ2v) is 9.20. The Balaban J connectivity index is 1.44. The van der Waals surface area contributed by atoms with Gasteiger partial charge in [-0.3, -0.25) is 0 Å². The van der Waals surface area contributed by atoms with E-state index in [0.717, 1.165) is 25.8 Å². The zero-order chi connectivity index (χ0) is 21.0. The summed E-state index contributed by atoms with van der Waals surface area (Å²) < 4.78 is 11.1. The highest BCUT2D eigenvalue weighted by Crippen LogP contribution is 2.54. The van der Waals surface area contributed by atoms with Crippen LogP contribution in [0.25, 0.3) is 0 Å². The molecule has 2 aliphatic heterocycles. The van der Waals surface area contributed by atoms with Crippen LogP contribution in [0.3, 0.4) is 0 Å². The van der Waals surface area contributed by atoms with Crippen molar-refractivity contribution in [3.8, 4) is 5.75 Å². The van der Waals surface area contributed by atoms with Gasteiger partial charge in [-0.15, -0.1) is 0 Å². The van der Waals surface area contributed by atoms with Gasteiger partial charge in [-0.1, -0.05) is 18.9 Å². The third-order valence-electron chi connectivity index (χ3n) is 7.68. The van der Waals surface area contributed by atoms with Crippen molar-refractivity contribution < 1.29 is 34.7 Å². The Morgan fingerprint density at radius 2 is 1.97 bits per heavy atom. The second-order valence-electron chi connectivity index (χ2n) is 9.20. The van der Waals surface area contributed by atoms with Crippen molar-refractivity contribution in [2.24, 2.45) is 5.92 Å². The Kier molecular flexibility index (Phi) is 5.02. The minimum Gasteiger partial charge on any atom is -0.479 e. The third-order valence-corrected chi connectivity index (χ3v) is 7.68. The molecule has 0 spiro atoms. The molecule has 4 aliphatic rings. The molecule has 3 fully saturated rings. The lowest BCUT2D eigenvalue weighted by atomic mass is 9.53. The molecule has 30 heavy (non-hydrogen) atoms. The molecule has 1 aromatic rings. The number of aliphatic hydroxyl groups excluding tert-OH is 3. The first-order chi connectivity index (χ1) is 14.4. The van der Waals surface area contributed by atoms with Gasteiger partial charge in [-0.25, -0.2) is 4.79 Å². The van der Waals surface area contributed by atoms with Crippen LogP contribution in [0.2, 0.25) is 0 Å². The van der Waals surface area contributed by atoms with E-state index in [9.17, 15) is 25.2 Å². The van der Waals surface area contributed by atoms with E-state index in [0.29, 0.717) is 17.7 Å². The molecule has 0 amide bonds. The van der Waals surface area contributed by atoms with Crippen molar-refractivity contribution in [2.75, 3.05) is 6.54 Å². The molecule has 1 saturated carbocycles. The molecular formula is C22H29NO7. The summed E-state index contributed by atoms with van der Waals surface area (Å²) in [5.74, 6) is -0.342. The minimum atomic E-state index is -1.73. The number of benzene rings is 1. The molecular weight excluding hydrogens is 390 g/mol. The van der Waals surface area contributed by atoms with Crippen molar-refractivity contribution in [2.45, 2.75) is 80.7 Å². The van der Waals surface area contributed by atoms with Gasteiger partial charge in [-0.2, -0.15) is 0 Å². The summed E-state index contributed by atoms with van der Waals surface area (Å²) in [6, 6.07) is 6.37. The average Bonchev–Trinajstić information content (AvgIpc) is 2.74. The zero-order valence-corrected chi connectivity index (χ0v) is 16.7. The number of aliphatic carboxylic acids is 1. The lowest BCUT2D eigenvalue weighted by Crippen LogP contribution is -2.61. The molecule has 2 bridgehead atoms. The standard InChI is InChI=1S/C22H29NO7/c24-16-17(25)19(20(27)28)30-21(18(16)26)29-12-5-4-11-9-15-13-3-1-2-6-22(13,7-8-23-15)14(11)10-12/h4-5,10,13,15-19,21,23-26H,1-3,6-9H2,(H,27,28)/t13-,15+,16-,17-,18+,19-,21+,22+/m0/s1. The first-order valence-electron chi connectivity index (χ1n) is 10.9. The quantitative estimate of drug-likeness (QED) is 0.473. The van der Waals surface area contributed by atoms with E-state index in [-0.39, 0.29) is 5.41 Å². The van der Waals surface area contributed by atoms with Gasteiger partial charge < -0.3 is 35.2 Å². The van der Waals surface area contributed by atoms with E-state index in [1.807, 2.05) is 12.1 Å². The normalized spacial score (nSPS) is 42.7. The van der Waals surface area contributed by atoms with Crippen molar-refractivity contribution in [1.29, 1.82) is 0 Å². The number of carboxylic acids is 1. The lowest BCUT2D eigenvalue weighted by Gasteiger charge is -2.56. The largest absolute Gasteiger partial charge is 0.479 e. The fourth-order valence-corrected chi connectivity index (χ4v) is 6.26. The van der Waals surface area contributed by atoms with Crippen LogP contribution in [-0.4, -0.2) is 69.7 Å².